The lowest BCUT2D eigenvalue weighted by molar-refractivity contribution is 0.287. The Morgan fingerprint density at radius 2 is 2.45 bits per heavy atom. The van der Waals surface area contributed by atoms with E-state index in [4.69, 9.17) is 10.8 Å². The minimum Gasteiger partial charge on any atom is -0.396 e. The zero-order chi connectivity index (χ0) is 8.10. The summed E-state index contributed by atoms with van der Waals surface area (Å²) in [6, 6.07) is 0. The monoisotopic (exact) mass is 154 g/mol. The number of rotatable bonds is 3. The summed E-state index contributed by atoms with van der Waals surface area (Å²) in [5.41, 5.74) is 6.86. The number of nitrogens with two attached hydrogens (primary N) is 1. The molecule has 0 amide bonds. The zero-order valence-corrected chi connectivity index (χ0v) is 6.46. The van der Waals surface area contributed by atoms with E-state index < -0.39 is 0 Å². The van der Waals surface area contributed by atoms with E-state index in [0.717, 1.165) is 18.4 Å². The zero-order valence-electron chi connectivity index (χ0n) is 6.46. The smallest absolute Gasteiger partial charge is 0.0964 e. The van der Waals surface area contributed by atoms with Crippen molar-refractivity contribution in [1.29, 1.82) is 0 Å². The minimum atomic E-state index is -0.0634. The van der Waals surface area contributed by atoms with Crippen LogP contribution in [0.25, 0.3) is 0 Å². The van der Waals surface area contributed by atoms with Gasteiger partial charge in [0.05, 0.1) is 6.17 Å². The Morgan fingerprint density at radius 3 is 3.09 bits per heavy atom. The molecule has 3 heteroatoms. The summed E-state index contributed by atoms with van der Waals surface area (Å²) in [6.07, 6.45) is 7.34. The summed E-state index contributed by atoms with van der Waals surface area (Å²) >= 11 is 0. The Hall–Kier alpha value is -0.800. The molecule has 0 aromatic rings. The van der Waals surface area contributed by atoms with E-state index in [1.54, 1.807) is 0 Å². The average Bonchev–Trinajstić information content (AvgIpc) is 2.03. The van der Waals surface area contributed by atoms with Crippen molar-refractivity contribution in [3.05, 3.63) is 23.9 Å². The fourth-order valence-electron chi connectivity index (χ4n) is 1.06. The van der Waals surface area contributed by atoms with Crippen LogP contribution >= 0.6 is 0 Å². The number of hydrogen-bond donors (Lipinski definition) is 3. The lowest BCUT2D eigenvalue weighted by Crippen LogP contribution is -2.37. The van der Waals surface area contributed by atoms with Gasteiger partial charge < -0.3 is 16.2 Å². The Labute approximate surface area is 66.6 Å². The molecule has 0 saturated heterocycles. The molecule has 1 rings (SSSR count). The van der Waals surface area contributed by atoms with Crippen LogP contribution in [0.5, 0.6) is 0 Å². The molecule has 0 bridgehead atoms. The predicted molar refractivity (Wildman–Crippen MR) is 44.7 cm³/mol. The van der Waals surface area contributed by atoms with E-state index in [0.29, 0.717) is 0 Å². The van der Waals surface area contributed by atoms with Gasteiger partial charge in [-0.1, -0.05) is 6.08 Å². The number of nitrogens with one attached hydrogen (secondary N) is 1. The van der Waals surface area contributed by atoms with E-state index in [9.17, 15) is 0 Å². The molecule has 0 aromatic heterocycles. The van der Waals surface area contributed by atoms with Gasteiger partial charge in [0.2, 0.25) is 0 Å². The Kier molecular flexibility index (Phi) is 3.14. The van der Waals surface area contributed by atoms with Crippen molar-refractivity contribution in [1.82, 2.24) is 5.32 Å². The topological polar surface area (TPSA) is 58.3 Å². The molecular weight excluding hydrogens is 140 g/mol. The van der Waals surface area contributed by atoms with Crippen molar-refractivity contribution in [3.63, 3.8) is 0 Å². The highest BCUT2D eigenvalue weighted by molar-refractivity contribution is 5.21. The molecule has 1 unspecified atom stereocenters. The first kappa shape index (κ1) is 8.30. The summed E-state index contributed by atoms with van der Waals surface area (Å²) < 4.78 is 0. The standard InChI is InChI=1S/C8H14N2O/c9-8-7(4-2-6-11)3-1-5-10-8/h1,3,5,8,10-11H,2,4,6,9H2. The van der Waals surface area contributed by atoms with Gasteiger partial charge in [-0.3, -0.25) is 0 Å². The van der Waals surface area contributed by atoms with Crippen LogP contribution in [0, 0.1) is 0 Å². The van der Waals surface area contributed by atoms with Gasteiger partial charge in [0.1, 0.15) is 0 Å². The second kappa shape index (κ2) is 4.16. The van der Waals surface area contributed by atoms with Crippen molar-refractivity contribution >= 4 is 0 Å². The molecule has 62 valence electrons. The molecular formula is C8H14N2O. The molecule has 0 fully saturated rings. The third-order valence-corrected chi connectivity index (χ3v) is 1.71. The molecule has 0 aliphatic carbocycles. The van der Waals surface area contributed by atoms with Crippen molar-refractivity contribution in [3.8, 4) is 0 Å². The van der Waals surface area contributed by atoms with Crippen LogP contribution in [-0.4, -0.2) is 17.9 Å². The van der Waals surface area contributed by atoms with Gasteiger partial charge in [-0.05, 0) is 30.7 Å². The number of dihydropyridines is 1. The molecule has 1 aliphatic rings. The molecule has 3 nitrogen and oxygen atoms in total. The summed E-state index contributed by atoms with van der Waals surface area (Å²) in [5.74, 6) is 0. The van der Waals surface area contributed by atoms with E-state index in [-0.39, 0.29) is 12.8 Å². The van der Waals surface area contributed by atoms with E-state index >= 15 is 0 Å². The van der Waals surface area contributed by atoms with Crippen molar-refractivity contribution < 1.29 is 5.11 Å². The lowest BCUT2D eigenvalue weighted by atomic mass is 10.1. The second-order valence-electron chi connectivity index (χ2n) is 2.57. The van der Waals surface area contributed by atoms with Crippen molar-refractivity contribution in [2.75, 3.05) is 6.61 Å². The van der Waals surface area contributed by atoms with Gasteiger partial charge in [-0.15, -0.1) is 0 Å². The van der Waals surface area contributed by atoms with Crippen LogP contribution in [0.3, 0.4) is 0 Å². The highest BCUT2D eigenvalue weighted by atomic mass is 16.2. The SMILES string of the molecule is NC1NC=CC=C1CCCO. The molecule has 1 aliphatic heterocycles. The normalized spacial score (nSPS) is 22.7. The maximum absolute atomic E-state index is 8.58. The molecule has 11 heavy (non-hydrogen) atoms. The van der Waals surface area contributed by atoms with Crippen molar-refractivity contribution in [2.24, 2.45) is 5.73 Å². The van der Waals surface area contributed by atoms with E-state index in [2.05, 4.69) is 5.32 Å². The molecule has 0 saturated carbocycles. The maximum Gasteiger partial charge on any atom is 0.0964 e. The number of aliphatic hydroxyl groups excluding tert-OH is 1. The highest BCUT2D eigenvalue weighted by Crippen LogP contribution is 2.09. The number of hydrogen-bond acceptors (Lipinski definition) is 3. The summed E-state index contributed by atoms with van der Waals surface area (Å²) in [4.78, 5) is 0. The number of allylic oxidation sites excluding steroid dienone is 2. The van der Waals surface area contributed by atoms with E-state index in [1.807, 2.05) is 18.4 Å². The van der Waals surface area contributed by atoms with Crippen LogP contribution in [0.15, 0.2) is 23.9 Å². The maximum atomic E-state index is 8.58. The first-order valence-corrected chi connectivity index (χ1v) is 3.82. The van der Waals surface area contributed by atoms with Crippen LogP contribution in [0.2, 0.25) is 0 Å². The number of aliphatic hydroxyl groups is 1. The third-order valence-electron chi connectivity index (χ3n) is 1.71. The van der Waals surface area contributed by atoms with Gasteiger partial charge >= 0.3 is 0 Å². The Bertz CT molecular complexity index is 175. The van der Waals surface area contributed by atoms with Gasteiger partial charge in [0, 0.05) is 6.61 Å². The highest BCUT2D eigenvalue weighted by Gasteiger charge is 2.07. The predicted octanol–water partition coefficient (Wildman–Crippen LogP) is 0.0870. The van der Waals surface area contributed by atoms with Gasteiger partial charge in [-0.25, -0.2) is 0 Å². The fourth-order valence-corrected chi connectivity index (χ4v) is 1.06. The molecule has 4 N–H and O–H groups in total. The first-order valence-electron chi connectivity index (χ1n) is 3.82. The largest absolute Gasteiger partial charge is 0.396 e. The first-order chi connectivity index (χ1) is 5.34. The fraction of sp³-hybridized carbons (Fsp3) is 0.500. The van der Waals surface area contributed by atoms with Crippen molar-refractivity contribution in [2.45, 2.75) is 19.0 Å². The minimum absolute atomic E-state index is 0.0634. The molecule has 0 radical (unpaired) electrons. The van der Waals surface area contributed by atoms with Crippen LogP contribution < -0.4 is 11.1 Å². The Morgan fingerprint density at radius 1 is 1.64 bits per heavy atom. The van der Waals surface area contributed by atoms with Gasteiger partial charge in [-0.2, -0.15) is 0 Å². The van der Waals surface area contributed by atoms with Gasteiger partial charge in [0.25, 0.3) is 0 Å². The average molecular weight is 154 g/mol. The van der Waals surface area contributed by atoms with Crippen LogP contribution in [0.4, 0.5) is 0 Å². The summed E-state index contributed by atoms with van der Waals surface area (Å²) in [5, 5.41) is 11.6. The quantitative estimate of drug-likeness (QED) is 0.540. The summed E-state index contributed by atoms with van der Waals surface area (Å²) in [6.45, 7) is 0.230. The second-order valence-corrected chi connectivity index (χ2v) is 2.57. The molecule has 0 aromatic carbocycles. The van der Waals surface area contributed by atoms with E-state index in [1.165, 1.54) is 0 Å². The Balaban J connectivity index is 2.40. The lowest BCUT2D eigenvalue weighted by Gasteiger charge is -2.18. The molecule has 1 atom stereocenters. The van der Waals surface area contributed by atoms with Crippen LogP contribution in [-0.2, 0) is 0 Å². The molecule has 1 heterocycles. The summed E-state index contributed by atoms with van der Waals surface area (Å²) in [7, 11) is 0. The van der Waals surface area contributed by atoms with Crippen LogP contribution in [0.1, 0.15) is 12.8 Å². The van der Waals surface area contributed by atoms with Gasteiger partial charge in [0.15, 0.2) is 0 Å². The third kappa shape index (κ3) is 2.37. The molecule has 0 spiro atoms.